The van der Waals surface area contributed by atoms with E-state index < -0.39 is 0 Å². The summed E-state index contributed by atoms with van der Waals surface area (Å²) in [6.07, 6.45) is 0. The summed E-state index contributed by atoms with van der Waals surface area (Å²) in [6.45, 7) is 4.15. The lowest BCUT2D eigenvalue weighted by molar-refractivity contribution is 0.528. The molecule has 5 rings (SSSR count). The van der Waals surface area contributed by atoms with Gasteiger partial charge in [-0.25, -0.2) is 0 Å². The fraction of sp³-hybridized carbons (Fsp3) is 0.120. The average Bonchev–Trinajstić information content (AvgIpc) is 3.47. The van der Waals surface area contributed by atoms with Crippen LogP contribution in [-0.2, 0) is 5.75 Å². The fourth-order valence-corrected chi connectivity index (χ4v) is 4.10. The maximum absolute atomic E-state index is 5.86. The Labute approximate surface area is 190 Å². The van der Waals surface area contributed by atoms with Gasteiger partial charge in [0.25, 0.3) is 0 Å². The van der Waals surface area contributed by atoms with Crippen LogP contribution in [0.2, 0.25) is 0 Å². The second kappa shape index (κ2) is 8.80. The van der Waals surface area contributed by atoms with Gasteiger partial charge in [0.2, 0.25) is 11.8 Å². The summed E-state index contributed by atoms with van der Waals surface area (Å²) in [6, 6.07) is 26.4. The van der Waals surface area contributed by atoms with Crippen molar-refractivity contribution in [3.63, 3.8) is 0 Å². The minimum absolute atomic E-state index is 0.498. The lowest BCUT2D eigenvalue weighted by Gasteiger charge is -2.10. The Bertz CT molecular complexity index is 1330. The van der Waals surface area contributed by atoms with Crippen LogP contribution in [0.4, 0.5) is 0 Å². The molecule has 0 saturated carbocycles. The van der Waals surface area contributed by atoms with Crippen LogP contribution in [0.25, 0.3) is 28.5 Å². The van der Waals surface area contributed by atoms with Crippen molar-refractivity contribution >= 4 is 11.8 Å². The topological polar surface area (TPSA) is 69.6 Å². The number of aromatic nitrogens is 5. The highest BCUT2D eigenvalue weighted by atomic mass is 32.2. The van der Waals surface area contributed by atoms with E-state index in [1.165, 1.54) is 22.9 Å². The van der Waals surface area contributed by atoms with Crippen LogP contribution >= 0.6 is 11.8 Å². The Balaban J connectivity index is 1.45. The smallest absolute Gasteiger partial charge is 0.247 e. The van der Waals surface area contributed by atoms with Crippen molar-refractivity contribution in [3.05, 3.63) is 95.9 Å². The van der Waals surface area contributed by atoms with Crippen LogP contribution in [0, 0.1) is 13.8 Å². The van der Waals surface area contributed by atoms with Gasteiger partial charge in [-0.1, -0.05) is 77.5 Å². The first-order valence-corrected chi connectivity index (χ1v) is 11.3. The van der Waals surface area contributed by atoms with Crippen molar-refractivity contribution in [2.75, 3.05) is 0 Å². The van der Waals surface area contributed by atoms with Crippen LogP contribution in [0.15, 0.2) is 88.4 Å². The Morgan fingerprint density at radius 2 is 1.41 bits per heavy atom. The molecule has 0 aliphatic heterocycles. The summed E-state index contributed by atoms with van der Waals surface area (Å²) >= 11 is 1.52. The largest absolute Gasteiger partial charge is 0.420 e. The summed E-state index contributed by atoms with van der Waals surface area (Å²) in [5.41, 5.74) is 5.33. The van der Waals surface area contributed by atoms with E-state index in [4.69, 9.17) is 4.42 Å². The van der Waals surface area contributed by atoms with Crippen molar-refractivity contribution in [2.45, 2.75) is 24.8 Å². The normalized spacial score (nSPS) is 11.1. The van der Waals surface area contributed by atoms with Gasteiger partial charge in [-0.2, -0.15) is 0 Å². The maximum atomic E-state index is 5.86. The van der Waals surface area contributed by atoms with Gasteiger partial charge in [-0.3, -0.25) is 4.57 Å². The maximum Gasteiger partial charge on any atom is 0.247 e. The van der Waals surface area contributed by atoms with E-state index >= 15 is 0 Å². The van der Waals surface area contributed by atoms with Crippen molar-refractivity contribution in [1.82, 2.24) is 25.0 Å². The number of nitrogens with zero attached hydrogens (tertiary/aromatic N) is 5. The molecule has 0 saturated heterocycles. The molecule has 0 unspecified atom stereocenters. The molecule has 5 aromatic rings. The molecule has 2 aromatic heterocycles. The van der Waals surface area contributed by atoms with Gasteiger partial charge in [0.1, 0.15) is 0 Å². The Kier molecular flexibility index (Phi) is 5.56. The minimum atomic E-state index is 0.498. The van der Waals surface area contributed by atoms with Crippen molar-refractivity contribution in [3.8, 4) is 28.5 Å². The molecule has 0 bridgehead atoms. The number of aryl methyl sites for hydroxylation is 2. The number of hydrogen-bond acceptors (Lipinski definition) is 6. The molecule has 0 atom stereocenters. The van der Waals surface area contributed by atoms with Gasteiger partial charge in [-0.15, -0.1) is 20.4 Å². The third-order valence-electron chi connectivity index (χ3n) is 5.05. The molecule has 0 spiro atoms. The summed E-state index contributed by atoms with van der Waals surface area (Å²) in [4.78, 5) is 0. The summed E-state index contributed by atoms with van der Waals surface area (Å²) in [5, 5.41) is 18.1. The lowest BCUT2D eigenvalue weighted by Crippen LogP contribution is -2.00. The summed E-state index contributed by atoms with van der Waals surface area (Å²) in [7, 11) is 0. The molecular weight excluding hydrogens is 418 g/mol. The van der Waals surface area contributed by atoms with E-state index in [1.54, 1.807) is 0 Å². The molecule has 0 aliphatic carbocycles. The molecule has 0 N–H and O–H groups in total. The lowest BCUT2D eigenvalue weighted by atomic mass is 10.1. The van der Waals surface area contributed by atoms with Crippen molar-refractivity contribution in [1.29, 1.82) is 0 Å². The summed E-state index contributed by atoms with van der Waals surface area (Å²) < 4.78 is 7.93. The SMILES string of the molecule is Cc1ccc(-c2nnc(SCc3nnc(-c4ccccc4)o3)n2-c2ccc(C)cc2)cc1. The van der Waals surface area contributed by atoms with Crippen LogP contribution in [-0.4, -0.2) is 25.0 Å². The first-order valence-electron chi connectivity index (χ1n) is 10.3. The van der Waals surface area contributed by atoms with Crippen molar-refractivity contribution in [2.24, 2.45) is 0 Å². The zero-order valence-corrected chi connectivity index (χ0v) is 18.6. The first kappa shape index (κ1) is 20.2. The molecule has 0 radical (unpaired) electrons. The van der Waals surface area contributed by atoms with Gasteiger partial charge < -0.3 is 4.42 Å². The molecule has 0 amide bonds. The standard InChI is InChI=1S/C25H21N5OS/c1-17-8-12-19(13-9-17)23-27-29-25(30(23)21-14-10-18(2)11-15-21)32-16-22-26-28-24(31-22)20-6-4-3-5-7-20/h3-15H,16H2,1-2H3. The monoisotopic (exact) mass is 439 g/mol. The highest BCUT2D eigenvalue weighted by Gasteiger charge is 2.18. The molecule has 6 nitrogen and oxygen atoms in total. The fourth-order valence-electron chi connectivity index (χ4n) is 3.32. The minimum Gasteiger partial charge on any atom is -0.420 e. The molecule has 0 aliphatic rings. The Morgan fingerprint density at radius 3 is 2.12 bits per heavy atom. The van der Waals surface area contributed by atoms with E-state index in [0.717, 1.165) is 27.8 Å². The van der Waals surface area contributed by atoms with Gasteiger partial charge >= 0.3 is 0 Å². The second-order valence-electron chi connectivity index (χ2n) is 7.50. The van der Waals surface area contributed by atoms with E-state index in [9.17, 15) is 0 Å². The molecule has 32 heavy (non-hydrogen) atoms. The molecule has 7 heteroatoms. The number of benzene rings is 3. The summed E-state index contributed by atoms with van der Waals surface area (Å²) in [5.74, 6) is 2.36. The van der Waals surface area contributed by atoms with Crippen LogP contribution in [0.5, 0.6) is 0 Å². The van der Waals surface area contributed by atoms with E-state index in [-0.39, 0.29) is 0 Å². The Hall–Kier alpha value is -3.71. The quantitative estimate of drug-likeness (QED) is 0.307. The van der Waals surface area contributed by atoms with Crippen LogP contribution in [0.3, 0.4) is 0 Å². The Morgan fingerprint density at radius 1 is 0.719 bits per heavy atom. The van der Waals surface area contributed by atoms with Gasteiger partial charge in [0.05, 0.1) is 5.75 Å². The zero-order valence-electron chi connectivity index (χ0n) is 17.8. The van der Waals surface area contributed by atoms with Gasteiger partial charge in [-0.05, 0) is 38.1 Å². The average molecular weight is 440 g/mol. The molecule has 2 heterocycles. The number of thioether (sulfide) groups is 1. The third kappa shape index (κ3) is 4.20. The van der Waals surface area contributed by atoms with E-state index in [1.807, 2.05) is 30.3 Å². The number of hydrogen-bond donors (Lipinski definition) is 0. The second-order valence-corrected chi connectivity index (χ2v) is 8.44. The zero-order chi connectivity index (χ0) is 21.9. The van der Waals surface area contributed by atoms with Gasteiger partial charge in [0, 0.05) is 16.8 Å². The third-order valence-corrected chi connectivity index (χ3v) is 5.96. The van der Waals surface area contributed by atoms with Crippen LogP contribution in [0.1, 0.15) is 17.0 Å². The number of rotatable bonds is 6. The molecular formula is C25H21N5OS. The van der Waals surface area contributed by atoms with E-state index in [2.05, 4.69) is 87.3 Å². The highest BCUT2D eigenvalue weighted by molar-refractivity contribution is 7.98. The predicted molar refractivity (Wildman–Crippen MR) is 126 cm³/mol. The van der Waals surface area contributed by atoms with Crippen LogP contribution < -0.4 is 0 Å². The molecule has 158 valence electrons. The molecule has 0 fully saturated rings. The first-order chi connectivity index (χ1) is 15.7. The van der Waals surface area contributed by atoms with Crippen molar-refractivity contribution < 1.29 is 4.42 Å². The highest BCUT2D eigenvalue weighted by Crippen LogP contribution is 2.30. The van der Waals surface area contributed by atoms with Gasteiger partial charge in [0.15, 0.2) is 11.0 Å². The van der Waals surface area contributed by atoms with E-state index in [0.29, 0.717) is 17.5 Å². The predicted octanol–water partition coefficient (Wildman–Crippen LogP) is 5.89. The molecule has 3 aromatic carbocycles.